The number of furan rings is 1. The van der Waals surface area contributed by atoms with Crippen molar-refractivity contribution >= 4 is 23.0 Å². The molecule has 3 heterocycles. The molecule has 30 heavy (non-hydrogen) atoms. The summed E-state index contributed by atoms with van der Waals surface area (Å²) in [5.74, 6) is 1.20. The number of nitrogens with zero attached hydrogens (tertiary/aromatic N) is 3. The Morgan fingerprint density at radius 2 is 2.10 bits per heavy atom. The van der Waals surface area contributed by atoms with Gasteiger partial charge >= 0.3 is 0 Å². The first-order valence-electron chi connectivity index (χ1n) is 9.52. The van der Waals surface area contributed by atoms with Gasteiger partial charge < -0.3 is 19.7 Å². The van der Waals surface area contributed by atoms with E-state index in [2.05, 4.69) is 10.3 Å². The van der Waals surface area contributed by atoms with Crippen molar-refractivity contribution in [1.82, 2.24) is 15.2 Å². The molecule has 2 atom stereocenters. The van der Waals surface area contributed by atoms with Gasteiger partial charge in [-0.15, -0.1) is 0 Å². The molecule has 0 bridgehead atoms. The van der Waals surface area contributed by atoms with Gasteiger partial charge in [-0.1, -0.05) is 18.2 Å². The van der Waals surface area contributed by atoms with Crippen LogP contribution in [0.25, 0.3) is 11.3 Å². The van der Waals surface area contributed by atoms with Crippen LogP contribution < -0.4 is 5.32 Å². The average Bonchev–Trinajstić information content (AvgIpc) is 3.37. The summed E-state index contributed by atoms with van der Waals surface area (Å²) in [6.07, 6.45) is 2.29. The summed E-state index contributed by atoms with van der Waals surface area (Å²) in [6.45, 7) is 0.611. The molecule has 1 aliphatic heterocycles. The summed E-state index contributed by atoms with van der Waals surface area (Å²) in [5.41, 5.74) is 1.45. The summed E-state index contributed by atoms with van der Waals surface area (Å²) < 4.78 is 6.14. The lowest BCUT2D eigenvalue weighted by Gasteiger charge is -2.25. The Kier molecular flexibility index (Phi) is 5.73. The molecule has 154 valence electrons. The van der Waals surface area contributed by atoms with E-state index >= 15 is 0 Å². The van der Waals surface area contributed by atoms with E-state index in [0.717, 1.165) is 5.69 Å². The summed E-state index contributed by atoms with van der Waals surface area (Å²) in [6, 6.07) is 15.2. The second-order valence-corrected chi connectivity index (χ2v) is 7.29. The highest BCUT2D eigenvalue weighted by Crippen LogP contribution is 2.40. The van der Waals surface area contributed by atoms with Crippen LogP contribution in [0.1, 0.15) is 30.0 Å². The van der Waals surface area contributed by atoms with Gasteiger partial charge in [0.1, 0.15) is 17.6 Å². The Labute approximate surface area is 178 Å². The molecule has 0 aliphatic carbocycles. The first kappa shape index (κ1) is 20.0. The predicted molar refractivity (Wildman–Crippen MR) is 115 cm³/mol. The number of pyridine rings is 1. The first-order valence-corrected chi connectivity index (χ1v) is 9.93. The van der Waals surface area contributed by atoms with Gasteiger partial charge in [0, 0.05) is 37.0 Å². The zero-order valence-corrected chi connectivity index (χ0v) is 16.8. The first-order chi connectivity index (χ1) is 14.6. The quantitative estimate of drug-likeness (QED) is 0.337. The number of aromatic nitrogens is 1. The highest BCUT2D eigenvalue weighted by atomic mass is 32.1. The maximum absolute atomic E-state index is 11.1. The van der Waals surface area contributed by atoms with Gasteiger partial charge in [0.25, 0.3) is 5.69 Å². The number of benzene rings is 1. The lowest BCUT2D eigenvalue weighted by molar-refractivity contribution is -0.384. The van der Waals surface area contributed by atoms with E-state index in [0.29, 0.717) is 35.2 Å². The van der Waals surface area contributed by atoms with E-state index in [1.165, 1.54) is 12.1 Å². The second kappa shape index (κ2) is 8.60. The van der Waals surface area contributed by atoms with Gasteiger partial charge in [-0.05, 0) is 42.9 Å². The van der Waals surface area contributed by atoms with Crippen LogP contribution in [0.5, 0.6) is 0 Å². The third-order valence-electron chi connectivity index (χ3n) is 5.01. The molecular formula is C21H20N4O4S. The fraction of sp³-hybridized carbons (Fsp3) is 0.238. The fourth-order valence-corrected chi connectivity index (χ4v) is 3.97. The molecule has 9 heteroatoms. The van der Waals surface area contributed by atoms with Gasteiger partial charge in [-0.3, -0.25) is 15.1 Å². The number of non-ortho nitro benzene ring substituents is 1. The Morgan fingerprint density at radius 3 is 2.83 bits per heavy atom. The molecule has 0 amide bonds. The van der Waals surface area contributed by atoms with Crippen LogP contribution >= 0.6 is 12.2 Å². The summed E-state index contributed by atoms with van der Waals surface area (Å²) in [7, 11) is 0. The van der Waals surface area contributed by atoms with E-state index in [-0.39, 0.29) is 24.4 Å². The molecule has 1 fully saturated rings. The van der Waals surface area contributed by atoms with Gasteiger partial charge in [-0.25, -0.2) is 0 Å². The summed E-state index contributed by atoms with van der Waals surface area (Å²) in [5, 5.41) is 24.3. The van der Waals surface area contributed by atoms with Crippen molar-refractivity contribution in [3.63, 3.8) is 0 Å². The maximum atomic E-state index is 11.1. The Balaban J connectivity index is 1.71. The number of aliphatic hydroxyl groups is 1. The Morgan fingerprint density at radius 1 is 1.23 bits per heavy atom. The third-order valence-corrected chi connectivity index (χ3v) is 5.37. The van der Waals surface area contributed by atoms with Crippen molar-refractivity contribution in [2.24, 2.45) is 0 Å². The molecule has 3 aromatic rings. The number of aliphatic hydroxyl groups excluding tert-OH is 1. The molecule has 4 rings (SSSR count). The molecule has 0 unspecified atom stereocenters. The molecule has 0 spiro atoms. The lowest BCUT2D eigenvalue weighted by Crippen LogP contribution is -2.30. The summed E-state index contributed by atoms with van der Waals surface area (Å²) >= 11 is 5.54. The van der Waals surface area contributed by atoms with Crippen molar-refractivity contribution in [3.8, 4) is 11.3 Å². The van der Waals surface area contributed by atoms with Crippen LogP contribution in [0, 0.1) is 10.1 Å². The number of nitro benzene ring substituents is 1. The van der Waals surface area contributed by atoms with Crippen molar-refractivity contribution in [2.75, 3.05) is 13.2 Å². The number of thiocarbonyl (C=S) groups is 1. The molecule has 1 saturated heterocycles. The van der Waals surface area contributed by atoms with Crippen molar-refractivity contribution in [1.29, 1.82) is 0 Å². The molecular weight excluding hydrogens is 404 g/mol. The van der Waals surface area contributed by atoms with Crippen molar-refractivity contribution in [2.45, 2.75) is 18.5 Å². The highest BCUT2D eigenvalue weighted by molar-refractivity contribution is 7.80. The molecule has 8 nitrogen and oxygen atoms in total. The molecule has 0 radical (unpaired) electrons. The fourth-order valence-electron chi connectivity index (χ4n) is 3.64. The zero-order chi connectivity index (χ0) is 21.1. The lowest BCUT2D eigenvalue weighted by atomic mass is 10.0. The Hall–Kier alpha value is -3.30. The number of nitro groups is 1. The number of hydrogen-bond acceptors (Lipinski definition) is 6. The van der Waals surface area contributed by atoms with E-state index in [4.69, 9.17) is 16.6 Å². The third kappa shape index (κ3) is 3.89. The maximum Gasteiger partial charge on any atom is 0.270 e. The SMILES string of the molecule is O=[N+]([O-])c1cccc(-c2ccc([C@@H]3[C@@H](c4ccccn4)NC(=S)N3CCCO)o2)c1. The number of nitrogens with one attached hydrogen (secondary N) is 1. The predicted octanol–water partition coefficient (Wildman–Crippen LogP) is 3.60. The van der Waals surface area contributed by atoms with E-state index < -0.39 is 4.92 Å². The van der Waals surface area contributed by atoms with Crippen LogP contribution in [0.15, 0.2) is 65.2 Å². The van der Waals surface area contributed by atoms with Gasteiger partial charge in [0.2, 0.25) is 0 Å². The minimum absolute atomic E-state index is 0.00472. The van der Waals surface area contributed by atoms with Crippen molar-refractivity contribution < 1.29 is 14.4 Å². The topological polar surface area (TPSA) is 105 Å². The molecule has 1 aromatic carbocycles. The van der Waals surface area contributed by atoms with Gasteiger partial charge in [-0.2, -0.15) is 0 Å². The Bertz CT molecular complexity index is 1060. The molecule has 2 N–H and O–H groups in total. The van der Waals surface area contributed by atoms with Crippen molar-refractivity contribution in [3.05, 3.63) is 82.4 Å². The van der Waals surface area contributed by atoms with E-state index in [9.17, 15) is 15.2 Å². The number of rotatable bonds is 7. The van der Waals surface area contributed by atoms with Crippen LogP contribution in [0.3, 0.4) is 0 Å². The van der Waals surface area contributed by atoms with Gasteiger partial charge in [0.05, 0.1) is 16.7 Å². The van der Waals surface area contributed by atoms with E-state index in [1.807, 2.05) is 29.2 Å². The van der Waals surface area contributed by atoms with E-state index in [1.54, 1.807) is 24.4 Å². The van der Waals surface area contributed by atoms with Crippen LogP contribution in [-0.4, -0.2) is 38.2 Å². The molecule has 2 aromatic heterocycles. The van der Waals surface area contributed by atoms with Crippen LogP contribution in [0.2, 0.25) is 0 Å². The largest absolute Gasteiger partial charge is 0.459 e. The van der Waals surface area contributed by atoms with Crippen LogP contribution in [-0.2, 0) is 0 Å². The second-order valence-electron chi connectivity index (χ2n) is 6.91. The highest BCUT2D eigenvalue weighted by Gasteiger charge is 2.41. The minimum atomic E-state index is -0.430. The van der Waals surface area contributed by atoms with Gasteiger partial charge in [0.15, 0.2) is 5.11 Å². The standard InChI is InChI=1S/C21H20N4O4S/c26-12-4-11-24-20(19(23-21(24)30)16-7-1-2-10-22-16)18-9-8-17(29-18)14-5-3-6-15(13-14)25(27)28/h1-3,5-10,13,19-20,26H,4,11-12H2,(H,23,30)/t19-,20-/m1/s1. The smallest absolute Gasteiger partial charge is 0.270 e. The molecule has 1 aliphatic rings. The van der Waals surface area contributed by atoms with Crippen LogP contribution in [0.4, 0.5) is 5.69 Å². The zero-order valence-electron chi connectivity index (χ0n) is 16.0. The monoisotopic (exact) mass is 424 g/mol. The average molecular weight is 424 g/mol. The number of hydrogen-bond donors (Lipinski definition) is 2. The normalized spacial score (nSPS) is 18.4. The molecule has 0 saturated carbocycles. The minimum Gasteiger partial charge on any atom is -0.459 e. The summed E-state index contributed by atoms with van der Waals surface area (Å²) in [4.78, 5) is 17.1.